The Morgan fingerprint density at radius 3 is 2.22 bits per heavy atom. The summed E-state index contributed by atoms with van der Waals surface area (Å²) in [5, 5.41) is 4.15. The van der Waals surface area contributed by atoms with E-state index in [1.807, 2.05) is 12.1 Å². The fourth-order valence-corrected chi connectivity index (χ4v) is 4.91. The first-order valence-corrected chi connectivity index (χ1v) is 13.5. The summed E-state index contributed by atoms with van der Waals surface area (Å²) >= 11 is 5.69. The topological polar surface area (TPSA) is 55.9 Å². The van der Waals surface area contributed by atoms with Crippen LogP contribution in [-0.2, 0) is 16.4 Å². The summed E-state index contributed by atoms with van der Waals surface area (Å²) in [4.78, 5) is 7.32. The fourth-order valence-electron chi connectivity index (χ4n) is 3.98. The van der Waals surface area contributed by atoms with Crippen molar-refractivity contribution in [2.75, 3.05) is 55.7 Å². The molecule has 1 heterocycles. The van der Waals surface area contributed by atoms with Crippen LogP contribution in [0.25, 0.3) is 0 Å². The number of sulfone groups is 1. The third-order valence-electron chi connectivity index (χ3n) is 5.88. The summed E-state index contributed by atoms with van der Waals surface area (Å²) in [6, 6.07) is 15.7. The van der Waals surface area contributed by atoms with Crippen LogP contribution in [-0.4, -0.2) is 68.9 Å². The Kier molecular flexibility index (Phi) is 8.51. The van der Waals surface area contributed by atoms with Crippen LogP contribution in [0, 0.1) is 0 Å². The molecular weight excluding hydrogens is 440 g/mol. The highest BCUT2D eigenvalue weighted by molar-refractivity contribution is 7.90. The van der Waals surface area contributed by atoms with Crippen LogP contribution in [0.3, 0.4) is 0 Å². The third-order valence-corrected chi connectivity index (χ3v) is 7.37. The van der Waals surface area contributed by atoms with Gasteiger partial charge in [-0.1, -0.05) is 12.1 Å². The van der Waals surface area contributed by atoms with Gasteiger partial charge >= 0.3 is 0 Å². The SMILES string of the molecule is CCN(CC)c1ccc(NC(=S)N2CCCN(Cc3ccc(S(C)(=O)=O)cc3)CC2)cc1. The summed E-state index contributed by atoms with van der Waals surface area (Å²) in [6.45, 7) is 10.8. The zero-order valence-electron chi connectivity index (χ0n) is 19.3. The molecule has 2 aromatic carbocycles. The Balaban J connectivity index is 1.52. The number of rotatable bonds is 7. The maximum absolute atomic E-state index is 11.6. The van der Waals surface area contributed by atoms with E-state index in [4.69, 9.17) is 12.2 Å². The maximum atomic E-state index is 11.6. The number of nitrogens with zero attached hydrogens (tertiary/aromatic N) is 3. The van der Waals surface area contributed by atoms with E-state index >= 15 is 0 Å². The van der Waals surface area contributed by atoms with Gasteiger partial charge in [-0.05, 0) is 74.4 Å². The van der Waals surface area contributed by atoms with Crippen LogP contribution in [0.5, 0.6) is 0 Å². The Bertz CT molecular complexity index is 988. The van der Waals surface area contributed by atoms with E-state index in [0.717, 1.165) is 68.6 Å². The first-order chi connectivity index (χ1) is 15.3. The van der Waals surface area contributed by atoms with E-state index in [2.05, 4.69) is 58.1 Å². The minimum atomic E-state index is -3.15. The molecule has 2 aromatic rings. The molecule has 32 heavy (non-hydrogen) atoms. The van der Waals surface area contributed by atoms with E-state index in [1.54, 1.807) is 12.1 Å². The summed E-state index contributed by atoms with van der Waals surface area (Å²) in [7, 11) is -3.15. The average Bonchev–Trinajstić information content (AvgIpc) is 3.01. The molecule has 0 aromatic heterocycles. The minimum Gasteiger partial charge on any atom is -0.372 e. The Morgan fingerprint density at radius 1 is 0.969 bits per heavy atom. The van der Waals surface area contributed by atoms with Crippen molar-refractivity contribution in [1.29, 1.82) is 0 Å². The van der Waals surface area contributed by atoms with E-state index in [-0.39, 0.29) is 0 Å². The third kappa shape index (κ3) is 6.67. The molecule has 8 heteroatoms. The molecule has 1 saturated heterocycles. The van der Waals surface area contributed by atoms with Crippen LogP contribution < -0.4 is 10.2 Å². The van der Waals surface area contributed by atoms with Crippen molar-refractivity contribution < 1.29 is 8.42 Å². The van der Waals surface area contributed by atoms with Crippen LogP contribution in [0.1, 0.15) is 25.8 Å². The molecule has 6 nitrogen and oxygen atoms in total. The van der Waals surface area contributed by atoms with Crippen molar-refractivity contribution in [2.24, 2.45) is 0 Å². The maximum Gasteiger partial charge on any atom is 0.175 e. The summed E-state index contributed by atoms with van der Waals surface area (Å²) in [6.07, 6.45) is 2.27. The van der Waals surface area contributed by atoms with Crippen LogP contribution >= 0.6 is 12.2 Å². The zero-order chi connectivity index (χ0) is 23.1. The lowest BCUT2D eigenvalue weighted by atomic mass is 10.2. The second-order valence-electron chi connectivity index (χ2n) is 8.18. The molecule has 1 N–H and O–H groups in total. The second-order valence-corrected chi connectivity index (χ2v) is 10.6. The number of benzene rings is 2. The van der Waals surface area contributed by atoms with Gasteiger partial charge in [0.2, 0.25) is 0 Å². The lowest BCUT2D eigenvalue weighted by Gasteiger charge is -2.25. The molecule has 0 amide bonds. The molecule has 1 aliphatic heterocycles. The quantitative estimate of drug-likeness (QED) is 0.612. The Labute approximate surface area is 198 Å². The van der Waals surface area contributed by atoms with Gasteiger partial charge in [-0.2, -0.15) is 0 Å². The lowest BCUT2D eigenvalue weighted by Crippen LogP contribution is -2.37. The summed E-state index contributed by atoms with van der Waals surface area (Å²) in [5.41, 5.74) is 3.36. The number of anilines is 2. The molecule has 0 atom stereocenters. The molecular formula is C24H34N4O2S2. The highest BCUT2D eigenvalue weighted by Crippen LogP contribution is 2.19. The van der Waals surface area contributed by atoms with Crippen molar-refractivity contribution in [3.05, 3.63) is 54.1 Å². The Morgan fingerprint density at radius 2 is 1.62 bits per heavy atom. The molecule has 0 radical (unpaired) electrons. The molecule has 0 aliphatic carbocycles. The van der Waals surface area contributed by atoms with Gasteiger partial charge in [-0.25, -0.2) is 8.42 Å². The largest absolute Gasteiger partial charge is 0.372 e. The summed E-state index contributed by atoms with van der Waals surface area (Å²) in [5.74, 6) is 0. The van der Waals surface area contributed by atoms with E-state index in [9.17, 15) is 8.42 Å². The van der Waals surface area contributed by atoms with E-state index < -0.39 is 9.84 Å². The monoisotopic (exact) mass is 474 g/mol. The standard InChI is InChI=1S/C24H34N4O2S2/c1-4-27(5-2)22-11-9-21(10-12-22)25-24(31)28-16-6-15-26(17-18-28)19-20-7-13-23(14-8-20)32(3,29)30/h7-14H,4-6,15-19H2,1-3H3,(H,25,31). The van der Waals surface area contributed by atoms with Crippen molar-refractivity contribution in [2.45, 2.75) is 31.7 Å². The van der Waals surface area contributed by atoms with Crippen molar-refractivity contribution in [1.82, 2.24) is 9.80 Å². The van der Waals surface area contributed by atoms with Gasteiger partial charge in [0, 0.05) is 63.4 Å². The van der Waals surface area contributed by atoms with Crippen molar-refractivity contribution >= 4 is 38.5 Å². The molecule has 0 spiro atoms. The Hall–Kier alpha value is -2.16. The van der Waals surface area contributed by atoms with E-state index in [0.29, 0.717) is 4.90 Å². The van der Waals surface area contributed by atoms with Crippen LogP contribution in [0.2, 0.25) is 0 Å². The van der Waals surface area contributed by atoms with Gasteiger partial charge in [0.1, 0.15) is 0 Å². The smallest absolute Gasteiger partial charge is 0.175 e. The number of thiocarbonyl (C=S) groups is 1. The molecule has 0 unspecified atom stereocenters. The first kappa shape index (κ1) is 24.5. The average molecular weight is 475 g/mol. The second kappa shape index (κ2) is 11.1. The number of hydrogen-bond donors (Lipinski definition) is 1. The molecule has 3 rings (SSSR count). The minimum absolute atomic E-state index is 0.366. The van der Waals surface area contributed by atoms with Gasteiger partial charge in [-0.3, -0.25) is 4.90 Å². The first-order valence-electron chi connectivity index (χ1n) is 11.2. The van der Waals surface area contributed by atoms with E-state index in [1.165, 1.54) is 11.9 Å². The van der Waals surface area contributed by atoms with Crippen LogP contribution in [0.15, 0.2) is 53.4 Å². The number of nitrogens with one attached hydrogen (secondary N) is 1. The lowest BCUT2D eigenvalue weighted by molar-refractivity contribution is 0.278. The predicted octanol–water partition coefficient (Wildman–Crippen LogP) is 3.84. The summed E-state index contributed by atoms with van der Waals surface area (Å²) < 4.78 is 23.3. The predicted molar refractivity (Wildman–Crippen MR) is 137 cm³/mol. The molecule has 1 fully saturated rings. The van der Waals surface area contributed by atoms with Crippen molar-refractivity contribution in [3.8, 4) is 0 Å². The van der Waals surface area contributed by atoms with Crippen molar-refractivity contribution in [3.63, 3.8) is 0 Å². The highest BCUT2D eigenvalue weighted by atomic mass is 32.2. The van der Waals surface area contributed by atoms with Gasteiger partial charge in [-0.15, -0.1) is 0 Å². The highest BCUT2D eigenvalue weighted by Gasteiger charge is 2.17. The van der Waals surface area contributed by atoms with Gasteiger partial charge in [0.25, 0.3) is 0 Å². The molecule has 0 saturated carbocycles. The normalized spacial score (nSPS) is 15.3. The van der Waals surface area contributed by atoms with Gasteiger partial charge in [0.05, 0.1) is 4.90 Å². The zero-order valence-corrected chi connectivity index (χ0v) is 20.9. The van der Waals surface area contributed by atoms with Gasteiger partial charge in [0.15, 0.2) is 14.9 Å². The fraction of sp³-hybridized carbons (Fsp3) is 0.458. The molecule has 174 valence electrons. The molecule has 0 bridgehead atoms. The molecule has 1 aliphatic rings. The van der Waals surface area contributed by atoms with Gasteiger partial charge < -0.3 is 15.1 Å². The van der Waals surface area contributed by atoms with Crippen LogP contribution in [0.4, 0.5) is 11.4 Å². The number of hydrogen-bond acceptors (Lipinski definition) is 5.